The summed E-state index contributed by atoms with van der Waals surface area (Å²) in [5.41, 5.74) is 0.347. The molecule has 2 rings (SSSR count). The fourth-order valence-electron chi connectivity index (χ4n) is 1.66. The van der Waals surface area contributed by atoms with Gasteiger partial charge in [-0.2, -0.15) is 0 Å². The minimum atomic E-state index is -3.67. The van der Waals surface area contributed by atoms with Crippen LogP contribution >= 0.6 is 0 Å². The number of aliphatic hydroxyl groups excluding tert-OH is 1. The number of hydrogen-bond donors (Lipinski definition) is 2. The van der Waals surface area contributed by atoms with Gasteiger partial charge in [0, 0.05) is 18.3 Å². The zero-order chi connectivity index (χ0) is 15.1. The van der Waals surface area contributed by atoms with Gasteiger partial charge in [0.25, 0.3) is 0 Å². The molecule has 2 N–H and O–H groups in total. The molecule has 1 aromatic heterocycles. The number of aliphatic hydroxyl groups is 1. The van der Waals surface area contributed by atoms with Crippen molar-refractivity contribution >= 4 is 10.0 Å². The van der Waals surface area contributed by atoms with Crippen LogP contribution in [0, 0.1) is 11.8 Å². The first-order valence-corrected chi connectivity index (χ1v) is 7.64. The van der Waals surface area contributed by atoms with Crippen LogP contribution in [0.3, 0.4) is 0 Å². The van der Waals surface area contributed by atoms with Gasteiger partial charge in [-0.1, -0.05) is 29.2 Å². The summed E-state index contributed by atoms with van der Waals surface area (Å²) in [6.45, 7) is 0.241. The second-order valence-corrected chi connectivity index (χ2v) is 5.76. The van der Waals surface area contributed by atoms with E-state index in [1.165, 1.54) is 16.9 Å². The van der Waals surface area contributed by atoms with Crippen molar-refractivity contribution in [3.05, 3.63) is 42.2 Å². The van der Waals surface area contributed by atoms with Gasteiger partial charge < -0.3 is 5.11 Å². The van der Waals surface area contributed by atoms with E-state index in [-0.39, 0.29) is 18.0 Å². The Morgan fingerprint density at radius 1 is 1.33 bits per heavy atom. The highest BCUT2D eigenvalue weighted by molar-refractivity contribution is 7.89. The number of nitrogens with one attached hydrogen (secondary N) is 1. The Labute approximate surface area is 122 Å². The summed E-state index contributed by atoms with van der Waals surface area (Å²) in [7, 11) is -3.67. The quantitative estimate of drug-likeness (QED) is 0.733. The van der Waals surface area contributed by atoms with E-state index in [0.29, 0.717) is 12.1 Å². The highest BCUT2D eigenvalue weighted by Gasteiger charge is 2.16. The lowest BCUT2D eigenvalue weighted by atomic mass is 10.2. The summed E-state index contributed by atoms with van der Waals surface area (Å²) in [4.78, 5) is 0.0875. The Morgan fingerprint density at radius 2 is 2.14 bits per heavy atom. The van der Waals surface area contributed by atoms with Gasteiger partial charge in [0.15, 0.2) is 0 Å². The molecule has 7 nitrogen and oxygen atoms in total. The third-order valence-electron chi connectivity index (χ3n) is 2.58. The van der Waals surface area contributed by atoms with Crippen molar-refractivity contribution < 1.29 is 13.5 Å². The summed E-state index contributed by atoms with van der Waals surface area (Å²) in [6.07, 6.45) is 3.17. The van der Waals surface area contributed by atoms with Crippen LogP contribution in [0.5, 0.6) is 0 Å². The molecule has 0 atom stereocenters. The Bertz CT molecular complexity index is 745. The molecule has 8 heteroatoms. The maximum absolute atomic E-state index is 12.3. The van der Waals surface area contributed by atoms with E-state index in [1.807, 2.05) is 0 Å². The molecule has 1 heterocycles. The predicted molar refractivity (Wildman–Crippen MR) is 75.6 cm³/mol. The zero-order valence-electron chi connectivity index (χ0n) is 11.1. The van der Waals surface area contributed by atoms with Gasteiger partial charge in [0.2, 0.25) is 10.0 Å². The molecular formula is C13H14N4O3S. The van der Waals surface area contributed by atoms with Crippen LogP contribution in [0.25, 0.3) is 0 Å². The first kappa shape index (κ1) is 15.2. The minimum absolute atomic E-state index is 0.0875. The third-order valence-corrected chi connectivity index (χ3v) is 4.10. The van der Waals surface area contributed by atoms with Gasteiger partial charge in [-0.25, -0.2) is 13.1 Å². The third kappa shape index (κ3) is 4.13. The summed E-state index contributed by atoms with van der Waals surface area (Å²) in [5.74, 6) is 5.07. The van der Waals surface area contributed by atoms with Crippen molar-refractivity contribution in [1.82, 2.24) is 19.7 Å². The van der Waals surface area contributed by atoms with Crippen LogP contribution in [-0.4, -0.2) is 41.7 Å². The SMILES string of the molecule is O=S(=O)(NCCn1ccnn1)c1ccccc1C#CCO. The summed E-state index contributed by atoms with van der Waals surface area (Å²) in [5, 5.41) is 16.1. The molecule has 0 spiro atoms. The fourth-order valence-corrected chi connectivity index (χ4v) is 2.85. The van der Waals surface area contributed by atoms with Crippen molar-refractivity contribution in [2.45, 2.75) is 11.4 Å². The van der Waals surface area contributed by atoms with Crippen molar-refractivity contribution in [3.8, 4) is 11.8 Å². The number of sulfonamides is 1. The summed E-state index contributed by atoms with van der Waals surface area (Å²) in [6, 6.07) is 6.37. The second-order valence-electron chi connectivity index (χ2n) is 4.02. The van der Waals surface area contributed by atoms with Crippen LogP contribution in [0.2, 0.25) is 0 Å². The second kappa shape index (κ2) is 6.99. The molecule has 2 aromatic rings. The van der Waals surface area contributed by atoms with Crippen LogP contribution in [0.4, 0.5) is 0 Å². The molecule has 0 saturated carbocycles. The van der Waals surface area contributed by atoms with Gasteiger partial charge in [-0.3, -0.25) is 4.68 Å². The standard InChI is InChI=1S/C13H14N4O3S/c18-11-3-5-12-4-1-2-6-13(12)21(19,20)15-8-10-17-9-7-14-16-17/h1-2,4,6-7,9,15,18H,8,10-11H2. The first-order chi connectivity index (χ1) is 10.1. The normalized spacial score (nSPS) is 10.9. The highest BCUT2D eigenvalue weighted by atomic mass is 32.2. The largest absolute Gasteiger partial charge is 0.384 e. The number of hydrogen-bond acceptors (Lipinski definition) is 5. The lowest BCUT2D eigenvalue weighted by Gasteiger charge is -2.08. The Kier molecular flexibility index (Phi) is 5.05. The van der Waals surface area contributed by atoms with E-state index in [1.54, 1.807) is 24.4 Å². The van der Waals surface area contributed by atoms with Gasteiger partial charge in [0.1, 0.15) is 6.61 Å². The molecule has 0 aliphatic rings. The topological polar surface area (TPSA) is 97.1 Å². The van der Waals surface area contributed by atoms with E-state index >= 15 is 0 Å². The molecule has 0 aliphatic heterocycles. The number of rotatable bonds is 5. The molecule has 0 radical (unpaired) electrons. The van der Waals surface area contributed by atoms with E-state index in [9.17, 15) is 8.42 Å². The fraction of sp³-hybridized carbons (Fsp3) is 0.231. The van der Waals surface area contributed by atoms with Crippen molar-refractivity contribution in [3.63, 3.8) is 0 Å². The lowest BCUT2D eigenvalue weighted by molar-refractivity contribution is 0.350. The van der Waals surface area contributed by atoms with E-state index in [4.69, 9.17) is 5.11 Å². The van der Waals surface area contributed by atoms with Crippen LogP contribution in [0.1, 0.15) is 5.56 Å². The van der Waals surface area contributed by atoms with Crippen molar-refractivity contribution in [2.24, 2.45) is 0 Å². The van der Waals surface area contributed by atoms with Crippen LogP contribution in [-0.2, 0) is 16.6 Å². The monoisotopic (exact) mass is 306 g/mol. The maximum Gasteiger partial charge on any atom is 0.241 e. The Balaban J connectivity index is 2.12. The van der Waals surface area contributed by atoms with E-state index in [2.05, 4.69) is 26.9 Å². The summed E-state index contributed by atoms with van der Waals surface area (Å²) < 4.78 is 28.5. The molecule has 0 aliphatic carbocycles. The molecule has 0 amide bonds. The van der Waals surface area contributed by atoms with Gasteiger partial charge in [-0.05, 0) is 12.1 Å². The van der Waals surface area contributed by atoms with Gasteiger partial charge in [-0.15, -0.1) is 5.10 Å². The first-order valence-electron chi connectivity index (χ1n) is 6.16. The zero-order valence-corrected chi connectivity index (χ0v) is 11.9. The predicted octanol–water partition coefficient (Wildman–Crippen LogP) is -0.400. The number of benzene rings is 1. The smallest absolute Gasteiger partial charge is 0.241 e. The number of nitrogens with zero attached hydrogens (tertiary/aromatic N) is 3. The molecule has 110 valence electrons. The molecule has 0 unspecified atom stereocenters. The lowest BCUT2D eigenvalue weighted by Crippen LogP contribution is -2.28. The average Bonchev–Trinajstić information content (AvgIpc) is 2.98. The molecule has 1 aromatic carbocycles. The number of aromatic nitrogens is 3. The molecule has 21 heavy (non-hydrogen) atoms. The maximum atomic E-state index is 12.3. The molecule has 0 bridgehead atoms. The van der Waals surface area contributed by atoms with Crippen LogP contribution in [0.15, 0.2) is 41.6 Å². The van der Waals surface area contributed by atoms with Crippen LogP contribution < -0.4 is 4.72 Å². The van der Waals surface area contributed by atoms with E-state index < -0.39 is 10.0 Å². The molecular weight excluding hydrogens is 292 g/mol. The van der Waals surface area contributed by atoms with Crippen molar-refractivity contribution in [1.29, 1.82) is 0 Å². The minimum Gasteiger partial charge on any atom is -0.384 e. The van der Waals surface area contributed by atoms with Crippen molar-refractivity contribution in [2.75, 3.05) is 13.2 Å². The highest BCUT2D eigenvalue weighted by Crippen LogP contribution is 2.13. The Hall–Kier alpha value is -2.21. The van der Waals surface area contributed by atoms with E-state index in [0.717, 1.165) is 0 Å². The average molecular weight is 306 g/mol. The molecule has 0 fully saturated rings. The Morgan fingerprint density at radius 3 is 2.86 bits per heavy atom. The molecule has 0 saturated heterocycles. The van der Waals surface area contributed by atoms with Gasteiger partial charge >= 0.3 is 0 Å². The van der Waals surface area contributed by atoms with Gasteiger partial charge in [0.05, 0.1) is 17.6 Å². The summed E-state index contributed by atoms with van der Waals surface area (Å²) >= 11 is 0.